The van der Waals surface area contributed by atoms with Crippen molar-refractivity contribution in [3.63, 3.8) is 0 Å². The van der Waals surface area contributed by atoms with Gasteiger partial charge in [-0.05, 0) is 25.1 Å². The van der Waals surface area contributed by atoms with Crippen molar-refractivity contribution in [1.29, 1.82) is 0 Å². The van der Waals surface area contributed by atoms with Crippen LogP contribution in [0.2, 0.25) is 0 Å². The lowest BCUT2D eigenvalue weighted by atomic mass is 10.2. The zero-order valence-electron chi connectivity index (χ0n) is 9.83. The second-order valence-electron chi connectivity index (χ2n) is 3.48. The van der Waals surface area contributed by atoms with E-state index in [1.165, 1.54) is 12.1 Å². The maximum atomic E-state index is 13.4. The maximum absolute atomic E-state index is 13.4. The average molecular weight is 318 g/mol. The minimum atomic E-state index is -0.533. The van der Waals surface area contributed by atoms with Gasteiger partial charge in [-0.15, -0.1) is 0 Å². The van der Waals surface area contributed by atoms with Crippen LogP contribution in [0.15, 0.2) is 22.7 Å². The molecule has 0 aliphatic rings. The van der Waals surface area contributed by atoms with E-state index >= 15 is 0 Å². The standard InChI is InChI=1S/C12H13BrFNO3/c1-2-18-12(17)6-5-11(16)15-10-4-3-8(13)7-9(10)14/h3-4,7H,2,5-6H2,1H3,(H,15,16). The molecule has 18 heavy (non-hydrogen) atoms. The molecule has 1 amide bonds. The van der Waals surface area contributed by atoms with E-state index in [0.29, 0.717) is 4.47 Å². The Morgan fingerprint density at radius 1 is 1.39 bits per heavy atom. The van der Waals surface area contributed by atoms with Crippen LogP contribution < -0.4 is 5.32 Å². The number of amides is 1. The first-order chi connectivity index (χ1) is 8.52. The van der Waals surface area contributed by atoms with Crippen LogP contribution in [-0.2, 0) is 14.3 Å². The van der Waals surface area contributed by atoms with Crippen molar-refractivity contribution < 1.29 is 18.7 Å². The number of anilines is 1. The lowest BCUT2D eigenvalue weighted by Gasteiger charge is -2.06. The molecule has 0 saturated heterocycles. The van der Waals surface area contributed by atoms with E-state index in [0.717, 1.165) is 0 Å². The number of hydrogen-bond acceptors (Lipinski definition) is 3. The van der Waals surface area contributed by atoms with Crippen LogP contribution in [0.3, 0.4) is 0 Å². The first-order valence-corrected chi connectivity index (χ1v) is 6.22. The molecule has 0 heterocycles. The van der Waals surface area contributed by atoms with Gasteiger partial charge in [0.25, 0.3) is 0 Å². The Bertz CT molecular complexity index is 451. The average Bonchev–Trinajstić information content (AvgIpc) is 2.31. The van der Waals surface area contributed by atoms with Crippen molar-refractivity contribution in [3.05, 3.63) is 28.5 Å². The number of esters is 1. The second kappa shape index (κ2) is 7.10. The van der Waals surface area contributed by atoms with Gasteiger partial charge in [0.15, 0.2) is 0 Å². The maximum Gasteiger partial charge on any atom is 0.306 e. The van der Waals surface area contributed by atoms with Gasteiger partial charge in [-0.3, -0.25) is 9.59 Å². The Balaban J connectivity index is 2.47. The molecule has 6 heteroatoms. The summed E-state index contributed by atoms with van der Waals surface area (Å²) in [6.45, 7) is 1.97. The molecule has 0 radical (unpaired) electrons. The predicted octanol–water partition coefficient (Wildman–Crippen LogP) is 2.87. The van der Waals surface area contributed by atoms with Crippen molar-refractivity contribution in [3.8, 4) is 0 Å². The summed E-state index contributed by atoms with van der Waals surface area (Å²) in [6.07, 6.45) is -0.0494. The van der Waals surface area contributed by atoms with E-state index in [1.807, 2.05) is 0 Å². The number of carbonyl (C=O) groups is 2. The summed E-state index contributed by atoms with van der Waals surface area (Å²) in [6, 6.07) is 4.31. The molecule has 98 valence electrons. The molecule has 1 aromatic carbocycles. The van der Waals surface area contributed by atoms with Gasteiger partial charge < -0.3 is 10.1 Å². The Hall–Kier alpha value is -1.43. The van der Waals surface area contributed by atoms with Gasteiger partial charge in [0.2, 0.25) is 5.91 Å². The Morgan fingerprint density at radius 3 is 2.72 bits per heavy atom. The van der Waals surface area contributed by atoms with Crippen LogP contribution >= 0.6 is 15.9 Å². The molecule has 0 aromatic heterocycles. The van der Waals surface area contributed by atoms with E-state index in [4.69, 9.17) is 0 Å². The lowest BCUT2D eigenvalue weighted by Crippen LogP contribution is -2.15. The fourth-order valence-corrected chi connectivity index (χ4v) is 1.59. The Labute approximate surface area is 113 Å². The zero-order valence-corrected chi connectivity index (χ0v) is 11.4. The molecule has 0 unspecified atom stereocenters. The van der Waals surface area contributed by atoms with Crippen molar-refractivity contribution in [2.24, 2.45) is 0 Å². The Kier molecular flexibility index (Phi) is 5.77. The Morgan fingerprint density at radius 2 is 2.11 bits per heavy atom. The third kappa shape index (κ3) is 4.83. The normalized spacial score (nSPS) is 9.94. The van der Waals surface area contributed by atoms with Crippen LogP contribution in [0.4, 0.5) is 10.1 Å². The third-order valence-electron chi connectivity index (χ3n) is 2.07. The summed E-state index contributed by atoms with van der Waals surface area (Å²) < 4.78 is 18.7. The topological polar surface area (TPSA) is 55.4 Å². The van der Waals surface area contributed by atoms with Crippen LogP contribution in [0.1, 0.15) is 19.8 Å². The number of hydrogen-bond donors (Lipinski definition) is 1. The summed E-state index contributed by atoms with van der Waals surface area (Å²) in [5, 5.41) is 2.39. The van der Waals surface area contributed by atoms with Crippen LogP contribution in [0.5, 0.6) is 0 Å². The highest BCUT2D eigenvalue weighted by atomic mass is 79.9. The second-order valence-corrected chi connectivity index (χ2v) is 4.39. The summed E-state index contributed by atoms with van der Waals surface area (Å²) in [7, 11) is 0. The van der Waals surface area contributed by atoms with Gasteiger partial charge in [0.1, 0.15) is 5.82 Å². The van der Waals surface area contributed by atoms with Crippen molar-refractivity contribution in [2.45, 2.75) is 19.8 Å². The summed E-state index contributed by atoms with van der Waals surface area (Å²) >= 11 is 3.12. The highest BCUT2D eigenvalue weighted by molar-refractivity contribution is 9.10. The van der Waals surface area contributed by atoms with Crippen LogP contribution in [0, 0.1) is 5.82 Å². The lowest BCUT2D eigenvalue weighted by molar-refractivity contribution is -0.144. The molecule has 1 rings (SSSR count). The first-order valence-electron chi connectivity index (χ1n) is 5.43. The highest BCUT2D eigenvalue weighted by Gasteiger charge is 2.10. The predicted molar refractivity (Wildman–Crippen MR) is 68.6 cm³/mol. The van der Waals surface area contributed by atoms with Gasteiger partial charge >= 0.3 is 5.97 Å². The minimum Gasteiger partial charge on any atom is -0.466 e. The van der Waals surface area contributed by atoms with Crippen molar-refractivity contribution >= 4 is 33.5 Å². The largest absolute Gasteiger partial charge is 0.466 e. The van der Waals surface area contributed by atoms with Gasteiger partial charge in [0, 0.05) is 10.9 Å². The smallest absolute Gasteiger partial charge is 0.306 e. The molecule has 1 N–H and O–H groups in total. The van der Waals surface area contributed by atoms with Gasteiger partial charge in [-0.25, -0.2) is 4.39 Å². The quantitative estimate of drug-likeness (QED) is 0.850. The van der Waals surface area contributed by atoms with Crippen LogP contribution in [-0.4, -0.2) is 18.5 Å². The monoisotopic (exact) mass is 317 g/mol. The molecule has 1 aromatic rings. The van der Waals surface area contributed by atoms with E-state index < -0.39 is 17.7 Å². The van der Waals surface area contributed by atoms with Gasteiger partial charge in [0.05, 0.1) is 18.7 Å². The number of rotatable bonds is 5. The molecule has 0 aliphatic heterocycles. The number of benzene rings is 1. The fourth-order valence-electron chi connectivity index (χ4n) is 1.25. The first kappa shape index (κ1) is 14.6. The minimum absolute atomic E-state index is 0.0161. The van der Waals surface area contributed by atoms with E-state index in [9.17, 15) is 14.0 Å². The highest BCUT2D eigenvalue weighted by Crippen LogP contribution is 2.19. The summed E-state index contributed by atoms with van der Waals surface area (Å²) in [4.78, 5) is 22.5. The molecular weight excluding hydrogens is 305 g/mol. The molecular formula is C12H13BrFNO3. The van der Waals surface area contributed by atoms with E-state index in [2.05, 4.69) is 26.0 Å². The third-order valence-corrected chi connectivity index (χ3v) is 2.56. The fraction of sp³-hybridized carbons (Fsp3) is 0.333. The van der Waals surface area contributed by atoms with Gasteiger partial charge in [-0.2, -0.15) is 0 Å². The number of carbonyl (C=O) groups excluding carboxylic acids is 2. The molecule has 0 bridgehead atoms. The molecule has 0 atom stereocenters. The van der Waals surface area contributed by atoms with E-state index in [-0.39, 0.29) is 25.1 Å². The molecule has 0 spiro atoms. The SMILES string of the molecule is CCOC(=O)CCC(=O)Nc1ccc(Br)cc1F. The molecule has 0 fully saturated rings. The van der Waals surface area contributed by atoms with Gasteiger partial charge in [-0.1, -0.05) is 15.9 Å². The van der Waals surface area contributed by atoms with E-state index in [1.54, 1.807) is 13.0 Å². The van der Waals surface area contributed by atoms with Crippen molar-refractivity contribution in [2.75, 3.05) is 11.9 Å². The summed E-state index contributed by atoms with van der Waals surface area (Å²) in [5.41, 5.74) is 0.0899. The summed E-state index contributed by atoms with van der Waals surface area (Å²) in [5.74, 6) is -1.40. The molecule has 0 saturated carbocycles. The van der Waals surface area contributed by atoms with Crippen molar-refractivity contribution in [1.82, 2.24) is 0 Å². The number of halogens is 2. The zero-order chi connectivity index (χ0) is 13.5. The number of nitrogens with one attached hydrogen (secondary N) is 1. The van der Waals surface area contributed by atoms with Crippen LogP contribution in [0.25, 0.3) is 0 Å². The molecule has 0 aliphatic carbocycles. The molecule has 4 nitrogen and oxygen atoms in total. The number of ether oxygens (including phenoxy) is 1.